The predicted octanol–water partition coefficient (Wildman–Crippen LogP) is 3.07. The smallest absolute Gasteiger partial charge is 0.136 e. The molecule has 0 amide bonds. The molecule has 1 aromatic carbocycles. The lowest BCUT2D eigenvalue weighted by Gasteiger charge is -2.11. The molecule has 0 aliphatic carbocycles. The number of methoxy groups -OCH3 is 1. The van der Waals surface area contributed by atoms with Gasteiger partial charge in [-0.05, 0) is 37.1 Å². The Hall–Kier alpha value is -2.30. The molecule has 1 aromatic heterocycles. The van der Waals surface area contributed by atoms with Crippen molar-refractivity contribution in [3.63, 3.8) is 0 Å². The third-order valence-corrected chi connectivity index (χ3v) is 2.96. The molecule has 2 rings (SSSR count). The van der Waals surface area contributed by atoms with Crippen LogP contribution in [0.15, 0.2) is 24.3 Å². The fourth-order valence-electron chi connectivity index (χ4n) is 1.96. The topological polar surface area (TPSA) is 73.1 Å². The number of aryl methyl sites for hydroxylation is 2. The maximum Gasteiger partial charge on any atom is 0.136 e. The van der Waals surface area contributed by atoms with Crippen molar-refractivity contribution in [2.24, 2.45) is 0 Å². The van der Waals surface area contributed by atoms with Gasteiger partial charge in [0.15, 0.2) is 0 Å². The second kappa shape index (κ2) is 6.23. The van der Waals surface area contributed by atoms with Crippen molar-refractivity contribution in [2.75, 3.05) is 18.2 Å². The molecule has 0 saturated carbocycles. The van der Waals surface area contributed by atoms with Crippen molar-refractivity contribution in [3.8, 4) is 5.75 Å². The van der Waals surface area contributed by atoms with E-state index >= 15 is 0 Å². The summed E-state index contributed by atoms with van der Waals surface area (Å²) in [4.78, 5) is 8.69. The number of nitrogens with zero attached hydrogens (tertiary/aromatic N) is 2. The number of rotatable bonds is 5. The zero-order chi connectivity index (χ0) is 14.5. The van der Waals surface area contributed by atoms with E-state index in [-0.39, 0.29) is 0 Å². The van der Waals surface area contributed by atoms with E-state index in [9.17, 15) is 0 Å². The third-order valence-electron chi connectivity index (χ3n) is 2.96. The first-order valence-electron chi connectivity index (χ1n) is 6.67. The summed E-state index contributed by atoms with van der Waals surface area (Å²) in [5.74, 6) is 2.80. The Bertz CT molecular complexity index is 598. The predicted molar refractivity (Wildman–Crippen MR) is 81.5 cm³/mol. The number of nitrogen functional groups attached to an aromatic ring is 1. The minimum Gasteiger partial charge on any atom is -0.497 e. The van der Waals surface area contributed by atoms with Gasteiger partial charge in [0.05, 0.1) is 7.11 Å². The van der Waals surface area contributed by atoms with Crippen LogP contribution in [0.2, 0.25) is 0 Å². The Morgan fingerprint density at radius 1 is 1.25 bits per heavy atom. The van der Waals surface area contributed by atoms with E-state index in [1.807, 2.05) is 25.1 Å². The minimum atomic E-state index is 0.483. The number of hydrogen-bond donors (Lipinski definition) is 2. The quantitative estimate of drug-likeness (QED) is 0.875. The normalized spacial score (nSPS) is 10.3. The van der Waals surface area contributed by atoms with Crippen LogP contribution in [0.4, 0.5) is 17.3 Å². The van der Waals surface area contributed by atoms with Crippen LogP contribution in [0.5, 0.6) is 5.75 Å². The molecule has 0 radical (unpaired) electrons. The first-order valence-corrected chi connectivity index (χ1v) is 6.67. The number of nitrogens with one attached hydrogen (secondary N) is 1. The number of ether oxygens (including phenoxy) is 1. The molecule has 0 bridgehead atoms. The summed E-state index contributed by atoms with van der Waals surface area (Å²) in [6.07, 6.45) is 1.81. The Balaban J connectivity index is 2.25. The molecule has 5 heteroatoms. The standard InChI is InChI=1S/C15H20N4O/c1-4-5-14-18-13(16)9-15(19-14)17-12-7-6-11(20-3)8-10(12)2/h6-9H,4-5H2,1-3H3,(H3,16,17,18,19). The van der Waals surface area contributed by atoms with Gasteiger partial charge in [-0.25, -0.2) is 9.97 Å². The van der Waals surface area contributed by atoms with Crippen molar-refractivity contribution in [1.29, 1.82) is 0 Å². The lowest BCUT2D eigenvalue weighted by atomic mass is 10.2. The van der Waals surface area contributed by atoms with Gasteiger partial charge in [-0.3, -0.25) is 0 Å². The van der Waals surface area contributed by atoms with Crippen LogP contribution >= 0.6 is 0 Å². The summed E-state index contributed by atoms with van der Waals surface area (Å²) >= 11 is 0. The van der Waals surface area contributed by atoms with Crippen LogP contribution in [0.3, 0.4) is 0 Å². The highest BCUT2D eigenvalue weighted by molar-refractivity contribution is 5.63. The average molecular weight is 272 g/mol. The number of anilines is 3. The maximum absolute atomic E-state index is 5.82. The first-order chi connectivity index (χ1) is 9.62. The van der Waals surface area contributed by atoms with Crippen molar-refractivity contribution >= 4 is 17.3 Å². The first kappa shape index (κ1) is 14.1. The van der Waals surface area contributed by atoms with E-state index in [0.717, 1.165) is 35.7 Å². The van der Waals surface area contributed by atoms with Gasteiger partial charge in [-0.2, -0.15) is 0 Å². The van der Waals surface area contributed by atoms with Gasteiger partial charge in [0.25, 0.3) is 0 Å². The van der Waals surface area contributed by atoms with Gasteiger partial charge < -0.3 is 15.8 Å². The fourth-order valence-corrected chi connectivity index (χ4v) is 1.96. The number of benzene rings is 1. The summed E-state index contributed by atoms with van der Waals surface area (Å²) in [5, 5.41) is 3.28. The molecule has 0 aliphatic rings. The molecule has 1 heterocycles. The number of aromatic nitrogens is 2. The summed E-state index contributed by atoms with van der Waals surface area (Å²) in [6.45, 7) is 4.11. The monoisotopic (exact) mass is 272 g/mol. The highest BCUT2D eigenvalue weighted by Gasteiger charge is 2.05. The number of hydrogen-bond acceptors (Lipinski definition) is 5. The van der Waals surface area contributed by atoms with E-state index in [1.165, 1.54) is 0 Å². The van der Waals surface area contributed by atoms with Crippen LogP contribution in [-0.4, -0.2) is 17.1 Å². The van der Waals surface area contributed by atoms with Crippen LogP contribution in [0.1, 0.15) is 24.7 Å². The largest absolute Gasteiger partial charge is 0.497 e. The Labute approximate surface area is 119 Å². The lowest BCUT2D eigenvalue weighted by molar-refractivity contribution is 0.414. The van der Waals surface area contributed by atoms with E-state index in [2.05, 4.69) is 22.2 Å². The van der Waals surface area contributed by atoms with E-state index < -0.39 is 0 Å². The van der Waals surface area contributed by atoms with E-state index in [1.54, 1.807) is 13.2 Å². The van der Waals surface area contributed by atoms with Crippen molar-refractivity contribution in [1.82, 2.24) is 9.97 Å². The second-order valence-corrected chi connectivity index (χ2v) is 4.65. The highest BCUT2D eigenvalue weighted by atomic mass is 16.5. The van der Waals surface area contributed by atoms with Gasteiger partial charge in [0, 0.05) is 18.2 Å². The van der Waals surface area contributed by atoms with Gasteiger partial charge in [-0.1, -0.05) is 6.92 Å². The molecule has 5 nitrogen and oxygen atoms in total. The molecule has 0 aliphatic heterocycles. The fraction of sp³-hybridized carbons (Fsp3) is 0.333. The number of nitrogens with two attached hydrogens (primary N) is 1. The zero-order valence-electron chi connectivity index (χ0n) is 12.1. The Kier molecular flexibility index (Phi) is 4.40. The molecule has 0 atom stereocenters. The highest BCUT2D eigenvalue weighted by Crippen LogP contribution is 2.24. The van der Waals surface area contributed by atoms with Crippen molar-refractivity contribution < 1.29 is 4.74 Å². The molecule has 106 valence electrons. The summed E-state index contributed by atoms with van der Waals surface area (Å²) in [7, 11) is 1.66. The molecule has 0 unspecified atom stereocenters. The molecule has 0 saturated heterocycles. The Morgan fingerprint density at radius 2 is 2.05 bits per heavy atom. The van der Waals surface area contributed by atoms with Crippen molar-refractivity contribution in [3.05, 3.63) is 35.7 Å². The lowest BCUT2D eigenvalue weighted by Crippen LogP contribution is -2.04. The molecule has 0 spiro atoms. The van der Waals surface area contributed by atoms with Crippen LogP contribution in [-0.2, 0) is 6.42 Å². The SMILES string of the molecule is CCCc1nc(N)cc(Nc2ccc(OC)cc2C)n1. The molecule has 2 aromatic rings. The average Bonchev–Trinajstić information content (AvgIpc) is 2.41. The summed E-state index contributed by atoms with van der Waals surface area (Å²) in [6, 6.07) is 7.58. The summed E-state index contributed by atoms with van der Waals surface area (Å²) in [5.41, 5.74) is 7.88. The van der Waals surface area contributed by atoms with Gasteiger partial charge >= 0.3 is 0 Å². The second-order valence-electron chi connectivity index (χ2n) is 4.65. The third kappa shape index (κ3) is 3.38. The van der Waals surface area contributed by atoms with Gasteiger partial charge in [0.2, 0.25) is 0 Å². The van der Waals surface area contributed by atoms with E-state index in [0.29, 0.717) is 11.6 Å². The molecular formula is C15H20N4O. The van der Waals surface area contributed by atoms with Crippen molar-refractivity contribution in [2.45, 2.75) is 26.7 Å². The summed E-state index contributed by atoms with van der Waals surface area (Å²) < 4.78 is 5.20. The van der Waals surface area contributed by atoms with Crippen LogP contribution in [0.25, 0.3) is 0 Å². The minimum absolute atomic E-state index is 0.483. The van der Waals surface area contributed by atoms with Gasteiger partial charge in [0.1, 0.15) is 23.2 Å². The molecule has 20 heavy (non-hydrogen) atoms. The molecular weight excluding hydrogens is 252 g/mol. The zero-order valence-corrected chi connectivity index (χ0v) is 12.1. The Morgan fingerprint density at radius 3 is 2.70 bits per heavy atom. The van der Waals surface area contributed by atoms with Crippen LogP contribution in [0, 0.1) is 6.92 Å². The van der Waals surface area contributed by atoms with E-state index in [4.69, 9.17) is 10.5 Å². The van der Waals surface area contributed by atoms with Gasteiger partial charge in [-0.15, -0.1) is 0 Å². The maximum atomic E-state index is 5.82. The van der Waals surface area contributed by atoms with Crippen LogP contribution < -0.4 is 15.8 Å². The molecule has 3 N–H and O–H groups in total. The molecule has 0 fully saturated rings.